The van der Waals surface area contributed by atoms with Crippen molar-refractivity contribution in [3.63, 3.8) is 0 Å². The summed E-state index contributed by atoms with van der Waals surface area (Å²) in [6, 6.07) is 0. The number of halogens is 1. The van der Waals surface area contributed by atoms with Gasteiger partial charge in [-0.15, -0.1) is 0 Å². The summed E-state index contributed by atoms with van der Waals surface area (Å²) < 4.78 is 5.35. The maximum absolute atomic E-state index is 5.71. The van der Waals surface area contributed by atoms with E-state index in [0.29, 0.717) is 12.5 Å². The van der Waals surface area contributed by atoms with Crippen LogP contribution >= 0.6 is 11.6 Å². The molecule has 0 bridgehead atoms. The first-order valence-corrected chi connectivity index (χ1v) is 5.72. The fraction of sp³-hybridized carbons (Fsp3) is 0.636. The number of rotatable bonds is 3. The molecule has 1 aromatic rings. The molecule has 0 aromatic carbocycles. The Bertz CT molecular complexity index is 303. The largest absolute Gasteiger partial charge is 0.478 e. The molecule has 0 aliphatic heterocycles. The van der Waals surface area contributed by atoms with Gasteiger partial charge >= 0.3 is 0 Å². The summed E-state index contributed by atoms with van der Waals surface area (Å²) in [6.45, 7) is 10.5. The third kappa shape index (κ3) is 4.04. The Labute approximate surface area is 96.8 Å². The van der Waals surface area contributed by atoms with Crippen molar-refractivity contribution in [2.75, 3.05) is 6.61 Å². The Balaban J connectivity index is 0.000000921. The highest BCUT2D eigenvalue weighted by Gasteiger charge is 2.09. The van der Waals surface area contributed by atoms with E-state index in [1.165, 1.54) is 0 Å². The van der Waals surface area contributed by atoms with Gasteiger partial charge in [-0.05, 0) is 31.9 Å². The minimum atomic E-state index is 0.248. The summed E-state index contributed by atoms with van der Waals surface area (Å²) in [5.74, 6) is 0.613. The topological polar surface area (TPSA) is 35.0 Å². The fourth-order valence-electron chi connectivity index (χ4n) is 1.20. The Morgan fingerprint density at radius 3 is 2.27 bits per heavy atom. The quantitative estimate of drug-likeness (QED) is 0.747. The van der Waals surface area contributed by atoms with Crippen LogP contribution in [0.25, 0.3) is 0 Å². The predicted molar refractivity (Wildman–Crippen MR) is 63.7 cm³/mol. The third-order valence-electron chi connectivity index (χ3n) is 1.78. The van der Waals surface area contributed by atoms with E-state index >= 15 is 0 Å². The van der Waals surface area contributed by atoms with Crippen molar-refractivity contribution in [2.24, 2.45) is 0 Å². The first-order valence-electron chi connectivity index (χ1n) is 5.34. The first kappa shape index (κ1) is 14.2. The van der Waals surface area contributed by atoms with E-state index in [2.05, 4.69) is 9.97 Å². The molecule has 0 fully saturated rings. The summed E-state index contributed by atoms with van der Waals surface area (Å²) in [5.41, 5.74) is 1.93. The fourth-order valence-corrected chi connectivity index (χ4v) is 1.40. The van der Waals surface area contributed by atoms with Crippen LogP contribution in [-0.4, -0.2) is 16.6 Å². The predicted octanol–water partition coefficient (Wildman–Crippen LogP) is 3.43. The maximum atomic E-state index is 5.71. The van der Waals surface area contributed by atoms with Gasteiger partial charge in [0.25, 0.3) is 0 Å². The van der Waals surface area contributed by atoms with Crippen LogP contribution in [0.15, 0.2) is 0 Å². The number of hydrogen-bond acceptors (Lipinski definition) is 3. The smallest absolute Gasteiger partial charge is 0.225 e. The van der Waals surface area contributed by atoms with Crippen LogP contribution in [0, 0.1) is 6.92 Å². The van der Waals surface area contributed by atoms with E-state index in [1.54, 1.807) is 0 Å². The number of nitrogens with zero attached hydrogens (tertiary/aromatic N) is 2. The molecule has 0 aliphatic rings. The summed E-state index contributed by atoms with van der Waals surface area (Å²) in [6.07, 6.45) is 0.859. The molecule has 1 rings (SSSR count). The summed E-state index contributed by atoms with van der Waals surface area (Å²) in [7, 11) is 0. The number of aryl methyl sites for hydroxylation is 1. The SMILES string of the molecule is CC.CCOc1nc(Cl)nc(C)c1CC. The standard InChI is InChI=1S/C9H13ClN2O.C2H6/c1-4-7-6(3)11-9(10)12-8(7)13-5-2;1-2/h4-5H2,1-3H3;1-2H3. The van der Waals surface area contributed by atoms with Gasteiger partial charge in [0.15, 0.2) is 0 Å². The van der Waals surface area contributed by atoms with Gasteiger partial charge in [-0.2, -0.15) is 4.98 Å². The van der Waals surface area contributed by atoms with E-state index in [9.17, 15) is 0 Å². The second kappa shape index (κ2) is 7.46. The van der Waals surface area contributed by atoms with E-state index in [0.717, 1.165) is 17.7 Å². The molecule has 0 aliphatic carbocycles. The number of ether oxygens (including phenoxy) is 1. The number of aromatic nitrogens is 2. The second-order valence-electron chi connectivity index (χ2n) is 2.65. The molecule has 0 amide bonds. The highest BCUT2D eigenvalue weighted by molar-refractivity contribution is 6.28. The van der Waals surface area contributed by atoms with Gasteiger partial charge in [0.05, 0.1) is 6.61 Å². The Kier molecular flexibility index (Phi) is 7.05. The third-order valence-corrected chi connectivity index (χ3v) is 1.95. The molecule has 3 nitrogen and oxygen atoms in total. The second-order valence-corrected chi connectivity index (χ2v) is 2.99. The van der Waals surface area contributed by atoms with Gasteiger partial charge in [-0.3, -0.25) is 0 Å². The van der Waals surface area contributed by atoms with E-state index in [1.807, 2.05) is 34.6 Å². The summed E-state index contributed by atoms with van der Waals surface area (Å²) in [5, 5.41) is 0.248. The van der Waals surface area contributed by atoms with Crippen molar-refractivity contribution < 1.29 is 4.74 Å². The molecule has 0 unspecified atom stereocenters. The zero-order chi connectivity index (χ0) is 11.8. The molecule has 0 spiro atoms. The van der Waals surface area contributed by atoms with Crippen molar-refractivity contribution in [2.45, 2.75) is 41.0 Å². The van der Waals surface area contributed by atoms with Crippen LogP contribution in [0.3, 0.4) is 0 Å². The highest BCUT2D eigenvalue weighted by Crippen LogP contribution is 2.20. The molecule has 0 atom stereocenters. The van der Waals surface area contributed by atoms with Crippen LogP contribution < -0.4 is 4.74 Å². The molecule has 86 valence electrons. The van der Waals surface area contributed by atoms with Crippen molar-refractivity contribution in [3.05, 3.63) is 16.5 Å². The Hall–Kier alpha value is -0.830. The average molecular weight is 231 g/mol. The zero-order valence-corrected chi connectivity index (χ0v) is 10.9. The molecule has 0 N–H and O–H groups in total. The van der Waals surface area contributed by atoms with E-state index in [-0.39, 0.29) is 5.28 Å². The highest BCUT2D eigenvalue weighted by atomic mass is 35.5. The maximum Gasteiger partial charge on any atom is 0.225 e. The molecular weight excluding hydrogens is 212 g/mol. The Morgan fingerprint density at radius 1 is 1.20 bits per heavy atom. The molecule has 4 heteroatoms. The average Bonchev–Trinajstić information content (AvgIpc) is 2.21. The normalized spacial score (nSPS) is 9.20. The Morgan fingerprint density at radius 2 is 1.80 bits per heavy atom. The van der Waals surface area contributed by atoms with Crippen LogP contribution in [0.5, 0.6) is 5.88 Å². The molecule has 1 heterocycles. The monoisotopic (exact) mass is 230 g/mol. The van der Waals surface area contributed by atoms with Crippen molar-refractivity contribution in [1.82, 2.24) is 9.97 Å². The van der Waals surface area contributed by atoms with Crippen LogP contribution in [0.2, 0.25) is 5.28 Å². The minimum Gasteiger partial charge on any atom is -0.478 e. The number of hydrogen-bond donors (Lipinski definition) is 0. The van der Waals surface area contributed by atoms with Crippen LogP contribution in [0.1, 0.15) is 39.0 Å². The van der Waals surface area contributed by atoms with E-state index in [4.69, 9.17) is 16.3 Å². The van der Waals surface area contributed by atoms with Crippen molar-refractivity contribution >= 4 is 11.6 Å². The lowest BCUT2D eigenvalue weighted by atomic mass is 10.2. The lowest BCUT2D eigenvalue weighted by Gasteiger charge is -2.09. The molecule has 15 heavy (non-hydrogen) atoms. The molecular formula is C11H19ClN2O. The van der Waals surface area contributed by atoms with Gasteiger partial charge in [0.1, 0.15) is 0 Å². The van der Waals surface area contributed by atoms with Gasteiger partial charge < -0.3 is 4.74 Å². The van der Waals surface area contributed by atoms with Gasteiger partial charge in [-0.25, -0.2) is 4.98 Å². The van der Waals surface area contributed by atoms with Gasteiger partial charge in [0, 0.05) is 11.3 Å². The summed E-state index contributed by atoms with van der Waals surface area (Å²) in [4.78, 5) is 8.09. The molecule has 0 saturated carbocycles. The van der Waals surface area contributed by atoms with Gasteiger partial charge in [-0.1, -0.05) is 20.8 Å². The first-order chi connectivity index (χ1) is 7.19. The summed E-state index contributed by atoms with van der Waals surface area (Å²) >= 11 is 5.71. The van der Waals surface area contributed by atoms with Crippen LogP contribution in [0.4, 0.5) is 0 Å². The van der Waals surface area contributed by atoms with Gasteiger partial charge in [0.2, 0.25) is 11.2 Å². The minimum absolute atomic E-state index is 0.248. The molecule has 1 aromatic heterocycles. The lowest BCUT2D eigenvalue weighted by molar-refractivity contribution is 0.322. The zero-order valence-electron chi connectivity index (χ0n) is 10.1. The molecule has 0 saturated heterocycles. The van der Waals surface area contributed by atoms with E-state index < -0.39 is 0 Å². The lowest BCUT2D eigenvalue weighted by Crippen LogP contribution is -2.03. The van der Waals surface area contributed by atoms with Crippen molar-refractivity contribution in [3.8, 4) is 5.88 Å². The molecule has 0 radical (unpaired) electrons. The van der Waals surface area contributed by atoms with Crippen molar-refractivity contribution in [1.29, 1.82) is 0 Å². The van der Waals surface area contributed by atoms with Crippen LogP contribution in [-0.2, 0) is 6.42 Å².